The quantitative estimate of drug-likeness (QED) is 0.713. The minimum Gasteiger partial charge on any atom is -0.368 e. The lowest BCUT2D eigenvalue weighted by Crippen LogP contribution is -2.18. The molecular formula is C11H10F2N2. The van der Waals surface area contributed by atoms with E-state index in [1.807, 2.05) is 0 Å². The zero-order valence-corrected chi connectivity index (χ0v) is 8.30. The van der Waals surface area contributed by atoms with Crippen LogP contribution in [0.4, 0.5) is 14.5 Å². The van der Waals surface area contributed by atoms with Crippen LogP contribution in [0.5, 0.6) is 0 Å². The van der Waals surface area contributed by atoms with Gasteiger partial charge in [-0.1, -0.05) is 6.08 Å². The third-order valence-electron chi connectivity index (χ3n) is 2.00. The third kappa shape index (κ3) is 2.13. The van der Waals surface area contributed by atoms with Gasteiger partial charge in [-0.15, -0.1) is 6.58 Å². The molecule has 2 nitrogen and oxygen atoms in total. The van der Waals surface area contributed by atoms with Crippen molar-refractivity contribution in [3.05, 3.63) is 42.0 Å². The van der Waals surface area contributed by atoms with E-state index < -0.39 is 11.6 Å². The summed E-state index contributed by atoms with van der Waals surface area (Å²) in [6.07, 6.45) is 1.58. The largest absolute Gasteiger partial charge is 0.368 e. The van der Waals surface area contributed by atoms with Gasteiger partial charge in [-0.3, -0.25) is 0 Å². The van der Waals surface area contributed by atoms with Crippen LogP contribution in [0.2, 0.25) is 0 Å². The maximum atomic E-state index is 13.4. The lowest BCUT2D eigenvalue weighted by atomic mass is 10.2. The van der Waals surface area contributed by atoms with Crippen LogP contribution < -0.4 is 4.90 Å². The summed E-state index contributed by atoms with van der Waals surface area (Å²) in [6, 6.07) is 4.21. The number of rotatable bonds is 3. The SMILES string of the molecule is C=CCN(C)c1ccc(C#N)c(F)c1F. The summed E-state index contributed by atoms with van der Waals surface area (Å²) < 4.78 is 26.6. The highest BCUT2D eigenvalue weighted by Crippen LogP contribution is 2.22. The average Bonchev–Trinajstić information content (AvgIpc) is 2.22. The Labute approximate surface area is 87.0 Å². The van der Waals surface area contributed by atoms with Gasteiger partial charge in [-0.05, 0) is 12.1 Å². The molecule has 1 aromatic rings. The number of anilines is 1. The summed E-state index contributed by atoms with van der Waals surface area (Å²) in [5.41, 5.74) is -0.172. The maximum Gasteiger partial charge on any atom is 0.183 e. The molecule has 15 heavy (non-hydrogen) atoms. The van der Waals surface area contributed by atoms with Crippen LogP contribution in [0, 0.1) is 23.0 Å². The predicted molar refractivity (Wildman–Crippen MR) is 54.5 cm³/mol. The second kappa shape index (κ2) is 4.56. The normalized spacial score (nSPS) is 9.47. The minimum atomic E-state index is -1.11. The van der Waals surface area contributed by atoms with Crippen molar-refractivity contribution < 1.29 is 8.78 Å². The number of nitrogens with zero attached hydrogens (tertiary/aromatic N) is 2. The smallest absolute Gasteiger partial charge is 0.183 e. The Kier molecular flexibility index (Phi) is 3.40. The number of hydrogen-bond donors (Lipinski definition) is 0. The molecular weight excluding hydrogens is 198 g/mol. The van der Waals surface area contributed by atoms with Crippen LogP contribution in [0.1, 0.15) is 5.56 Å². The van der Waals surface area contributed by atoms with Gasteiger partial charge in [0, 0.05) is 13.6 Å². The van der Waals surface area contributed by atoms with E-state index in [4.69, 9.17) is 5.26 Å². The van der Waals surface area contributed by atoms with Gasteiger partial charge in [0.1, 0.15) is 6.07 Å². The topological polar surface area (TPSA) is 27.0 Å². The first-order valence-electron chi connectivity index (χ1n) is 4.32. The third-order valence-corrected chi connectivity index (χ3v) is 2.00. The van der Waals surface area contributed by atoms with Crippen molar-refractivity contribution in [1.29, 1.82) is 5.26 Å². The molecule has 0 N–H and O–H groups in total. The highest BCUT2D eigenvalue weighted by molar-refractivity contribution is 5.51. The van der Waals surface area contributed by atoms with Crippen molar-refractivity contribution in [3.63, 3.8) is 0 Å². The van der Waals surface area contributed by atoms with Crippen LogP contribution in [0.25, 0.3) is 0 Å². The van der Waals surface area contributed by atoms with Gasteiger partial charge in [0.15, 0.2) is 11.6 Å². The molecule has 0 unspecified atom stereocenters. The Balaban J connectivity index is 3.18. The Bertz CT molecular complexity index is 421. The Hall–Kier alpha value is -1.89. The Morgan fingerprint density at radius 3 is 2.67 bits per heavy atom. The maximum absolute atomic E-state index is 13.4. The van der Waals surface area contributed by atoms with Gasteiger partial charge in [0.25, 0.3) is 0 Å². The summed E-state index contributed by atoms with van der Waals surface area (Å²) >= 11 is 0. The van der Waals surface area contributed by atoms with Crippen LogP contribution >= 0.6 is 0 Å². The zero-order chi connectivity index (χ0) is 11.4. The standard InChI is InChI=1S/C11H10F2N2/c1-3-6-15(2)9-5-4-8(7-14)10(12)11(9)13/h3-5H,1,6H2,2H3. The van der Waals surface area contributed by atoms with Gasteiger partial charge in [0.05, 0.1) is 11.3 Å². The second-order valence-corrected chi connectivity index (χ2v) is 3.04. The fourth-order valence-electron chi connectivity index (χ4n) is 1.21. The van der Waals surface area contributed by atoms with Crippen molar-refractivity contribution in [1.82, 2.24) is 0 Å². The molecule has 0 fully saturated rings. The minimum absolute atomic E-state index is 0.117. The summed E-state index contributed by atoms with van der Waals surface area (Å²) in [7, 11) is 1.62. The zero-order valence-electron chi connectivity index (χ0n) is 8.30. The molecule has 0 aromatic heterocycles. The lowest BCUT2D eigenvalue weighted by Gasteiger charge is -2.18. The van der Waals surface area contributed by atoms with E-state index in [1.54, 1.807) is 19.2 Å². The van der Waals surface area contributed by atoms with E-state index in [-0.39, 0.29) is 11.3 Å². The highest BCUT2D eigenvalue weighted by atomic mass is 19.2. The van der Waals surface area contributed by atoms with Crippen LogP contribution in [-0.4, -0.2) is 13.6 Å². The predicted octanol–water partition coefficient (Wildman–Crippen LogP) is 2.46. The number of nitriles is 1. The molecule has 0 saturated heterocycles. The van der Waals surface area contributed by atoms with Crippen LogP contribution in [0.3, 0.4) is 0 Å². The van der Waals surface area contributed by atoms with Gasteiger partial charge in [-0.25, -0.2) is 8.78 Å². The molecule has 0 spiro atoms. The highest BCUT2D eigenvalue weighted by Gasteiger charge is 2.15. The summed E-state index contributed by atoms with van der Waals surface area (Å²) in [5, 5.41) is 8.49. The van der Waals surface area contributed by atoms with Crippen LogP contribution in [0.15, 0.2) is 24.8 Å². The van der Waals surface area contributed by atoms with Crippen molar-refractivity contribution in [2.24, 2.45) is 0 Å². The fraction of sp³-hybridized carbons (Fsp3) is 0.182. The van der Waals surface area contributed by atoms with E-state index in [0.29, 0.717) is 6.54 Å². The van der Waals surface area contributed by atoms with Gasteiger partial charge in [-0.2, -0.15) is 5.26 Å². The van der Waals surface area contributed by atoms with Crippen molar-refractivity contribution >= 4 is 5.69 Å². The fourth-order valence-corrected chi connectivity index (χ4v) is 1.21. The van der Waals surface area contributed by atoms with Crippen molar-refractivity contribution in [2.45, 2.75) is 0 Å². The first-order valence-corrected chi connectivity index (χ1v) is 4.32. The molecule has 0 heterocycles. The lowest BCUT2D eigenvalue weighted by molar-refractivity contribution is 0.506. The van der Waals surface area contributed by atoms with Crippen molar-refractivity contribution in [3.8, 4) is 6.07 Å². The monoisotopic (exact) mass is 208 g/mol. The second-order valence-electron chi connectivity index (χ2n) is 3.04. The molecule has 4 heteroatoms. The van der Waals surface area contributed by atoms with Gasteiger partial charge in [0.2, 0.25) is 0 Å². The van der Waals surface area contributed by atoms with E-state index in [9.17, 15) is 8.78 Å². The molecule has 0 aliphatic rings. The van der Waals surface area contributed by atoms with Gasteiger partial charge >= 0.3 is 0 Å². The van der Waals surface area contributed by atoms with E-state index >= 15 is 0 Å². The Morgan fingerprint density at radius 2 is 2.13 bits per heavy atom. The number of benzene rings is 1. The van der Waals surface area contributed by atoms with E-state index in [0.717, 1.165) is 0 Å². The van der Waals surface area contributed by atoms with Crippen molar-refractivity contribution in [2.75, 3.05) is 18.5 Å². The molecule has 1 rings (SSSR count). The molecule has 0 aliphatic heterocycles. The van der Waals surface area contributed by atoms with E-state index in [1.165, 1.54) is 17.0 Å². The first-order chi connectivity index (χ1) is 7.11. The molecule has 0 aliphatic carbocycles. The number of likely N-dealkylation sites (N-methyl/N-ethyl adjacent to an activating group) is 1. The number of hydrogen-bond acceptors (Lipinski definition) is 2. The first kappa shape index (κ1) is 11.2. The van der Waals surface area contributed by atoms with Crippen LogP contribution in [-0.2, 0) is 0 Å². The molecule has 1 aromatic carbocycles. The molecule has 0 bridgehead atoms. The Morgan fingerprint density at radius 1 is 1.47 bits per heavy atom. The summed E-state index contributed by atoms with van der Waals surface area (Å²) in [6.45, 7) is 3.91. The molecule has 0 saturated carbocycles. The number of halogens is 2. The molecule has 0 amide bonds. The molecule has 0 radical (unpaired) electrons. The summed E-state index contributed by atoms with van der Waals surface area (Å²) in [5.74, 6) is -2.11. The summed E-state index contributed by atoms with van der Waals surface area (Å²) in [4.78, 5) is 1.51. The molecule has 0 atom stereocenters. The average molecular weight is 208 g/mol. The van der Waals surface area contributed by atoms with E-state index in [2.05, 4.69) is 6.58 Å². The van der Waals surface area contributed by atoms with Gasteiger partial charge < -0.3 is 4.90 Å². The molecule has 78 valence electrons.